The lowest BCUT2D eigenvalue weighted by Crippen LogP contribution is -2.57. The minimum absolute atomic E-state index is 0.219. The van der Waals surface area contributed by atoms with Gasteiger partial charge in [-0.1, -0.05) is 29.3 Å². The molecule has 1 aromatic rings. The van der Waals surface area contributed by atoms with Crippen molar-refractivity contribution in [2.24, 2.45) is 0 Å². The van der Waals surface area contributed by atoms with Crippen LogP contribution in [0.3, 0.4) is 0 Å². The molecule has 1 fully saturated rings. The van der Waals surface area contributed by atoms with E-state index in [4.69, 9.17) is 27.9 Å². The van der Waals surface area contributed by atoms with Gasteiger partial charge in [0.15, 0.2) is 0 Å². The second-order valence-corrected chi connectivity index (χ2v) is 5.38. The summed E-state index contributed by atoms with van der Waals surface area (Å²) in [5, 5.41) is 3.62. The first-order valence-electron chi connectivity index (χ1n) is 6.68. The third kappa shape index (κ3) is 3.48. The van der Waals surface area contributed by atoms with Crippen molar-refractivity contribution >= 4 is 35.1 Å². The Balaban J connectivity index is 2.29. The highest BCUT2D eigenvalue weighted by Gasteiger charge is 2.35. The molecule has 1 atom stereocenters. The van der Waals surface area contributed by atoms with E-state index in [1.54, 1.807) is 25.1 Å². The third-order valence-corrected chi connectivity index (χ3v) is 3.87. The first-order valence-corrected chi connectivity index (χ1v) is 7.44. The van der Waals surface area contributed by atoms with Crippen LogP contribution < -0.4 is 5.32 Å². The van der Waals surface area contributed by atoms with Gasteiger partial charge in [0.1, 0.15) is 6.04 Å². The molecule has 1 unspecified atom stereocenters. The zero-order valence-corrected chi connectivity index (χ0v) is 13.1. The van der Waals surface area contributed by atoms with Gasteiger partial charge < -0.3 is 15.0 Å². The summed E-state index contributed by atoms with van der Waals surface area (Å²) in [7, 11) is 0. The normalized spacial score (nSPS) is 18.4. The Hall–Kier alpha value is -1.30. The molecule has 1 aliphatic heterocycles. The van der Waals surface area contributed by atoms with Gasteiger partial charge >= 0.3 is 5.97 Å². The zero-order valence-electron chi connectivity index (χ0n) is 11.6. The number of esters is 1. The Bertz CT molecular complexity index is 531. The molecular weight excluding hydrogens is 315 g/mol. The van der Waals surface area contributed by atoms with Crippen molar-refractivity contribution in [2.75, 3.05) is 26.2 Å². The maximum atomic E-state index is 12.7. The molecular formula is C14H16Cl2N2O3. The van der Waals surface area contributed by atoms with Crippen molar-refractivity contribution in [3.05, 3.63) is 33.8 Å². The van der Waals surface area contributed by atoms with Crippen LogP contribution in [0.25, 0.3) is 0 Å². The predicted octanol–water partition coefficient (Wildman–Crippen LogP) is 1.97. The zero-order chi connectivity index (χ0) is 15.4. The van der Waals surface area contributed by atoms with E-state index in [9.17, 15) is 9.59 Å². The van der Waals surface area contributed by atoms with E-state index < -0.39 is 12.0 Å². The van der Waals surface area contributed by atoms with Crippen molar-refractivity contribution < 1.29 is 14.3 Å². The molecule has 1 aromatic carbocycles. The summed E-state index contributed by atoms with van der Waals surface area (Å²) in [4.78, 5) is 26.1. The van der Waals surface area contributed by atoms with Gasteiger partial charge in [0.2, 0.25) is 0 Å². The maximum absolute atomic E-state index is 12.7. The molecule has 21 heavy (non-hydrogen) atoms. The number of nitrogens with one attached hydrogen (secondary N) is 1. The summed E-state index contributed by atoms with van der Waals surface area (Å²) >= 11 is 12.1. The van der Waals surface area contributed by atoms with Gasteiger partial charge in [0, 0.05) is 19.6 Å². The molecule has 1 saturated heterocycles. The summed E-state index contributed by atoms with van der Waals surface area (Å²) < 4.78 is 5.02. The lowest BCUT2D eigenvalue weighted by molar-refractivity contribution is -0.149. The minimum atomic E-state index is -0.668. The number of carbonyl (C=O) groups is 2. The van der Waals surface area contributed by atoms with Crippen LogP contribution in [0.15, 0.2) is 18.2 Å². The topological polar surface area (TPSA) is 58.6 Å². The van der Waals surface area contributed by atoms with E-state index in [1.807, 2.05) is 0 Å². The molecule has 0 spiro atoms. The minimum Gasteiger partial charge on any atom is -0.464 e. The fourth-order valence-corrected chi connectivity index (χ4v) is 2.80. The Morgan fingerprint density at radius 3 is 2.67 bits per heavy atom. The van der Waals surface area contributed by atoms with Crippen LogP contribution in [-0.4, -0.2) is 49.1 Å². The average Bonchev–Trinajstić information content (AvgIpc) is 2.47. The Kier molecular flexibility index (Phi) is 5.45. The third-order valence-electron chi connectivity index (χ3n) is 3.24. The van der Waals surface area contributed by atoms with E-state index in [0.717, 1.165) is 0 Å². The number of nitrogens with zero attached hydrogens (tertiary/aromatic N) is 1. The van der Waals surface area contributed by atoms with E-state index in [1.165, 1.54) is 4.90 Å². The van der Waals surface area contributed by atoms with E-state index in [-0.39, 0.29) is 28.1 Å². The van der Waals surface area contributed by atoms with Crippen molar-refractivity contribution in [1.82, 2.24) is 10.2 Å². The number of halogens is 2. The molecule has 0 saturated carbocycles. The number of hydrogen-bond acceptors (Lipinski definition) is 4. The van der Waals surface area contributed by atoms with Crippen molar-refractivity contribution in [2.45, 2.75) is 13.0 Å². The van der Waals surface area contributed by atoms with Gasteiger partial charge in [-0.2, -0.15) is 0 Å². The SMILES string of the molecule is CCOC(=O)C1CNCCN1C(=O)c1c(Cl)cccc1Cl. The quantitative estimate of drug-likeness (QED) is 0.861. The molecule has 0 radical (unpaired) electrons. The smallest absolute Gasteiger partial charge is 0.330 e. The van der Waals surface area contributed by atoms with Gasteiger partial charge in [-0.3, -0.25) is 4.79 Å². The molecule has 5 nitrogen and oxygen atoms in total. The highest BCUT2D eigenvalue weighted by Crippen LogP contribution is 2.26. The Morgan fingerprint density at radius 2 is 2.05 bits per heavy atom. The summed E-state index contributed by atoms with van der Waals surface area (Å²) in [6, 6.07) is 4.20. The molecule has 1 aliphatic rings. The van der Waals surface area contributed by atoms with Gasteiger partial charge in [-0.25, -0.2) is 4.79 Å². The van der Waals surface area contributed by atoms with Gasteiger partial charge in [-0.05, 0) is 19.1 Å². The number of piperazine rings is 1. The van der Waals surface area contributed by atoms with Crippen LogP contribution in [0, 0.1) is 0 Å². The lowest BCUT2D eigenvalue weighted by atomic mass is 10.1. The fourth-order valence-electron chi connectivity index (χ4n) is 2.24. The van der Waals surface area contributed by atoms with Crippen molar-refractivity contribution in [3.8, 4) is 0 Å². The van der Waals surface area contributed by atoms with Crippen LogP contribution >= 0.6 is 23.2 Å². The van der Waals surface area contributed by atoms with E-state index in [0.29, 0.717) is 19.6 Å². The molecule has 7 heteroatoms. The molecule has 1 amide bonds. The molecule has 1 N–H and O–H groups in total. The number of rotatable bonds is 3. The predicted molar refractivity (Wildman–Crippen MR) is 80.8 cm³/mol. The number of hydrogen-bond donors (Lipinski definition) is 1. The van der Waals surface area contributed by atoms with Crippen molar-refractivity contribution in [3.63, 3.8) is 0 Å². The summed E-state index contributed by atoms with van der Waals surface area (Å²) in [6.07, 6.45) is 0. The largest absolute Gasteiger partial charge is 0.464 e. The standard InChI is InChI=1S/C14H16Cl2N2O3/c1-2-21-14(20)11-8-17-6-7-18(11)13(19)12-9(15)4-3-5-10(12)16/h3-5,11,17H,2,6-8H2,1H3. The Labute approximate surface area is 133 Å². The summed E-state index contributed by atoms with van der Waals surface area (Å²) in [5.41, 5.74) is 0.219. The summed E-state index contributed by atoms with van der Waals surface area (Å²) in [6.45, 7) is 3.34. The maximum Gasteiger partial charge on any atom is 0.330 e. The molecule has 0 bridgehead atoms. The second kappa shape index (κ2) is 7.11. The molecule has 1 heterocycles. The number of benzene rings is 1. The Morgan fingerprint density at radius 1 is 1.38 bits per heavy atom. The molecule has 114 valence electrons. The fraction of sp³-hybridized carbons (Fsp3) is 0.429. The van der Waals surface area contributed by atoms with Gasteiger partial charge in [0.25, 0.3) is 5.91 Å². The van der Waals surface area contributed by atoms with Crippen LogP contribution in [0.2, 0.25) is 10.0 Å². The highest BCUT2D eigenvalue weighted by molar-refractivity contribution is 6.39. The van der Waals surface area contributed by atoms with E-state index >= 15 is 0 Å². The molecule has 0 aromatic heterocycles. The van der Waals surface area contributed by atoms with Crippen molar-refractivity contribution in [1.29, 1.82) is 0 Å². The monoisotopic (exact) mass is 330 g/mol. The highest BCUT2D eigenvalue weighted by atomic mass is 35.5. The van der Waals surface area contributed by atoms with Crippen LogP contribution in [0.1, 0.15) is 17.3 Å². The van der Waals surface area contributed by atoms with Crippen LogP contribution in [0.4, 0.5) is 0 Å². The first kappa shape index (κ1) is 16.1. The van der Waals surface area contributed by atoms with E-state index in [2.05, 4.69) is 5.32 Å². The number of carbonyl (C=O) groups excluding carboxylic acids is 2. The number of amides is 1. The van der Waals surface area contributed by atoms with Gasteiger partial charge in [-0.15, -0.1) is 0 Å². The second-order valence-electron chi connectivity index (χ2n) is 4.57. The summed E-state index contributed by atoms with van der Waals surface area (Å²) in [5.74, 6) is -0.786. The van der Waals surface area contributed by atoms with Crippen LogP contribution in [-0.2, 0) is 9.53 Å². The lowest BCUT2D eigenvalue weighted by Gasteiger charge is -2.34. The molecule has 2 rings (SSSR count). The van der Waals surface area contributed by atoms with Crippen LogP contribution in [0.5, 0.6) is 0 Å². The first-order chi connectivity index (χ1) is 10.1. The van der Waals surface area contributed by atoms with Gasteiger partial charge in [0.05, 0.1) is 22.2 Å². The average molecular weight is 331 g/mol. The number of ether oxygens (including phenoxy) is 1. The molecule has 0 aliphatic carbocycles.